The third-order valence-corrected chi connectivity index (χ3v) is 4.07. The molecule has 3 N–H and O–H groups in total. The Morgan fingerprint density at radius 3 is 2.74 bits per heavy atom. The number of nitro groups is 1. The highest BCUT2D eigenvalue weighted by Gasteiger charge is 2.35. The number of hydrogen-bond donors (Lipinski definition) is 2. The molecule has 4 rings (SSSR count). The van der Waals surface area contributed by atoms with Crippen molar-refractivity contribution in [1.29, 1.82) is 0 Å². The molecule has 2 bridgehead atoms. The van der Waals surface area contributed by atoms with Crippen LogP contribution in [-0.2, 0) is 0 Å². The van der Waals surface area contributed by atoms with Gasteiger partial charge in [0.1, 0.15) is 5.82 Å². The molecule has 4 heterocycles. The summed E-state index contributed by atoms with van der Waals surface area (Å²) in [5.74, 6) is 1.17. The minimum absolute atomic E-state index is 0.00866. The van der Waals surface area contributed by atoms with Gasteiger partial charge in [-0.25, -0.2) is 4.98 Å². The van der Waals surface area contributed by atoms with Crippen molar-refractivity contribution in [3.05, 3.63) is 22.2 Å². The lowest BCUT2D eigenvalue weighted by atomic mass is 9.84. The quantitative estimate of drug-likeness (QED) is 0.625. The Hall–Kier alpha value is -1.89. The van der Waals surface area contributed by atoms with Crippen LogP contribution in [0.2, 0.25) is 0 Å². The van der Waals surface area contributed by atoms with E-state index in [0.717, 1.165) is 32.5 Å². The highest BCUT2D eigenvalue weighted by Crippen LogP contribution is 2.31. The van der Waals surface area contributed by atoms with Gasteiger partial charge in [0, 0.05) is 18.7 Å². The van der Waals surface area contributed by atoms with Crippen LogP contribution in [0.1, 0.15) is 12.8 Å². The SMILES string of the molecule is Nc1ccc([N+](=O)[O-])c(NC2CN3CCC2CC3)n1. The molecule has 3 aliphatic rings. The number of fused-ring (bicyclic) bond motifs is 3. The number of piperidine rings is 3. The summed E-state index contributed by atoms with van der Waals surface area (Å²) >= 11 is 0. The number of pyridine rings is 1. The Bertz CT molecular complexity index is 499. The normalized spacial score (nSPS) is 29.2. The van der Waals surface area contributed by atoms with Gasteiger partial charge in [0.25, 0.3) is 0 Å². The van der Waals surface area contributed by atoms with Crippen molar-refractivity contribution in [2.75, 3.05) is 30.7 Å². The molecule has 3 fully saturated rings. The van der Waals surface area contributed by atoms with E-state index in [0.29, 0.717) is 17.6 Å². The maximum Gasteiger partial charge on any atom is 0.311 e. The van der Waals surface area contributed by atoms with E-state index in [2.05, 4.69) is 15.2 Å². The Labute approximate surface area is 110 Å². The zero-order valence-electron chi connectivity index (χ0n) is 10.6. The van der Waals surface area contributed by atoms with E-state index in [-0.39, 0.29) is 11.7 Å². The summed E-state index contributed by atoms with van der Waals surface area (Å²) in [6, 6.07) is 3.10. The van der Waals surface area contributed by atoms with Gasteiger partial charge >= 0.3 is 5.69 Å². The lowest BCUT2D eigenvalue weighted by Gasteiger charge is -2.45. The van der Waals surface area contributed by atoms with Crippen LogP contribution in [0.25, 0.3) is 0 Å². The highest BCUT2D eigenvalue weighted by molar-refractivity contribution is 5.59. The fourth-order valence-corrected chi connectivity index (χ4v) is 3.02. The highest BCUT2D eigenvalue weighted by atomic mass is 16.6. The van der Waals surface area contributed by atoms with Crippen molar-refractivity contribution in [3.8, 4) is 0 Å². The van der Waals surface area contributed by atoms with E-state index >= 15 is 0 Å². The molecular weight excluding hydrogens is 246 g/mol. The van der Waals surface area contributed by atoms with Crippen LogP contribution in [0.4, 0.5) is 17.3 Å². The molecule has 7 heteroatoms. The zero-order valence-corrected chi connectivity index (χ0v) is 10.6. The number of hydrogen-bond acceptors (Lipinski definition) is 6. The Kier molecular flexibility index (Phi) is 2.98. The van der Waals surface area contributed by atoms with Crippen LogP contribution >= 0.6 is 0 Å². The van der Waals surface area contributed by atoms with E-state index in [1.165, 1.54) is 12.1 Å². The predicted octanol–water partition coefficient (Wildman–Crippen LogP) is 1.08. The van der Waals surface area contributed by atoms with Gasteiger partial charge in [-0.15, -0.1) is 0 Å². The number of nitrogens with one attached hydrogen (secondary N) is 1. The summed E-state index contributed by atoms with van der Waals surface area (Å²) in [6.07, 6.45) is 2.29. The predicted molar refractivity (Wildman–Crippen MR) is 71.9 cm³/mol. The fraction of sp³-hybridized carbons (Fsp3) is 0.583. The van der Waals surface area contributed by atoms with Crippen molar-refractivity contribution in [2.24, 2.45) is 5.92 Å². The van der Waals surface area contributed by atoms with Crippen molar-refractivity contribution < 1.29 is 4.92 Å². The summed E-state index contributed by atoms with van der Waals surface area (Å²) in [4.78, 5) is 17.1. The molecular formula is C12H17N5O2. The smallest absolute Gasteiger partial charge is 0.311 e. The molecule has 0 aromatic carbocycles. The van der Waals surface area contributed by atoms with Gasteiger partial charge in [-0.05, 0) is 37.9 Å². The molecule has 1 atom stereocenters. The first-order chi connectivity index (χ1) is 9.13. The molecule has 7 nitrogen and oxygen atoms in total. The number of rotatable bonds is 3. The second-order valence-corrected chi connectivity index (χ2v) is 5.25. The molecule has 1 unspecified atom stereocenters. The van der Waals surface area contributed by atoms with Gasteiger partial charge in [-0.3, -0.25) is 10.1 Å². The first kappa shape index (κ1) is 12.2. The topological polar surface area (TPSA) is 97.3 Å². The van der Waals surface area contributed by atoms with Crippen LogP contribution in [0, 0.1) is 16.0 Å². The van der Waals surface area contributed by atoms with E-state index in [1.54, 1.807) is 0 Å². The second-order valence-electron chi connectivity index (χ2n) is 5.25. The maximum atomic E-state index is 11.0. The van der Waals surface area contributed by atoms with Crippen LogP contribution in [0.5, 0.6) is 0 Å². The molecule has 19 heavy (non-hydrogen) atoms. The number of aromatic nitrogens is 1. The van der Waals surface area contributed by atoms with Crippen LogP contribution in [0.15, 0.2) is 12.1 Å². The van der Waals surface area contributed by atoms with E-state index in [4.69, 9.17) is 5.73 Å². The number of nitrogen functional groups attached to an aromatic ring is 1. The minimum Gasteiger partial charge on any atom is -0.384 e. The molecule has 3 aliphatic heterocycles. The van der Waals surface area contributed by atoms with Crippen LogP contribution < -0.4 is 11.1 Å². The first-order valence-corrected chi connectivity index (χ1v) is 6.53. The van der Waals surface area contributed by atoms with E-state index in [1.807, 2.05) is 0 Å². The molecule has 0 amide bonds. The third kappa shape index (κ3) is 2.33. The van der Waals surface area contributed by atoms with E-state index in [9.17, 15) is 10.1 Å². The van der Waals surface area contributed by atoms with Gasteiger partial charge in [-0.2, -0.15) is 0 Å². The van der Waals surface area contributed by atoms with Gasteiger partial charge in [0.15, 0.2) is 0 Å². The lowest BCUT2D eigenvalue weighted by Crippen LogP contribution is -2.53. The van der Waals surface area contributed by atoms with Gasteiger partial charge in [0.2, 0.25) is 5.82 Å². The van der Waals surface area contributed by atoms with Crippen molar-refractivity contribution in [2.45, 2.75) is 18.9 Å². The Balaban J connectivity index is 1.83. The summed E-state index contributed by atoms with van der Waals surface area (Å²) in [5.41, 5.74) is 5.62. The number of nitrogens with two attached hydrogens (primary N) is 1. The summed E-state index contributed by atoms with van der Waals surface area (Å²) in [7, 11) is 0. The average Bonchev–Trinajstić information content (AvgIpc) is 2.40. The van der Waals surface area contributed by atoms with Crippen LogP contribution in [-0.4, -0.2) is 40.5 Å². The zero-order chi connectivity index (χ0) is 13.4. The molecule has 0 aliphatic carbocycles. The average molecular weight is 263 g/mol. The molecule has 3 saturated heterocycles. The molecule has 0 radical (unpaired) electrons. The summed E-state index contributed by atoms with van der Waals surface area (Å²) < 4.78 is 0. The Morgan fingerprint density at radius 1 is 1.42 bits per heavy atom. The second kappa shape index (κ2) is 4.65. The third-order valence-electron chi connectivity index (χ3n) is 4.07. The molecule has 102 valence electrons. The van der Waals surface area contributed by atoms with Gasteiger partial charge in [-0.1, -0.05) is 0 Å². The van der Waals surface area contributed by atoms with Gasteiger partial charge in [0.05, 0.1) is 4.92 Å². The number of nitrogens with zero attached hydrogens (tertiary/aromatic N) is 3. The molecule has 0 spiro atoms. The lowest BCUT2D eigenvalue weighted by molar-refractivity contribution is -0.384. The van der Waals surface area contributed by atoms with Crippen LogP contribution in [0.3, 0.4) is 0 Å². The molecule has 1 aromatic heterocycles. The van der Waals surface area contributed by atoms with Crippen molar-refractivity contribution in [1.82, 2.24) is 9.88 Å². The molecule has 1 aromatic rings. The van der Waals surface area contributed by atoms with Gasteiger partial charge < -0.3 is 16.0 Å². The molecule has 0 saturated carbocycles. The van der Waals surface area contributed by atoms with Crippen molar-refractivity contribution in [3.63, 3.8) is 0 Å². The Morgan fingerprint density at radius 2 is 2.16 bits per heavy atom. The maximum absolute atomic E-state index is 11.0. The standard InChI is InChI=1S/C12H17N5O2/c13-11-2-1-10(17(18)19)12(15-11)14-9-7-16-5-3-8(9)4-6-16/h1-2,8-9H,3-7H2,(H3,13,14,15). The summed E-state index contributed by atoms with van der Waals surface area (Å²) in [6.45, 7) is 3.20. The first-order valence-electron chi connectivity index (χ1n) is 6.53. The monoisotopic (exact) mass is 263 g/mol. The van der Waals surface area contributed by atoms with Crippen molar-refractivity contribution >= 4 is 17.3 Å². The fourth-order valence-electron chi connectivity index (χ4n) is 3.02. The summed E-state index contributed by atoms with van der Waals surface area (Å²) in [5, 5.41) is 14.2. The minimum atomic E-state index is -0.420. The largest absolute Gasteiger partial charge is 0.384 e. The van der Waals surface area contributed by atoms with E-state index < -0.39 is 4.92 Å². The number of anilines is 2.